The molecule has 35 heavy (non-hydrogen) atoms. The second kappa shape index (κ2) is 12.1. The molecule has 0 saturated carbocycles. The first-order valence-electron chi connectivity index (χ1n) is 12.2. The van der Waals surface area contributed by atoms with E-state index < -0.39 is 5.92 Å². The van der Waals surface area contributed by atoms with Crippen LogP contribution in [-0.2, 0) is 11.4 Å². The summed E-state index contributed by atoms with van der Waals surface area (Å²) >= 11 is 0. The number of hydrogen-bond donors (Lipinski definition) is 1. The van der Waals surface area contributed by atoms with Crippen LogP contribution >= 0.6 is 0 Å². The molecule has 1 fully saturated rings. The van der Waals surface area contributed by atoms with E-state index >= 15 is 0 Å². The molecular formula is C29H32N2O4. The molecule has 1 aliphatic rings. The number of piperidine rings is 1. The minimum absolute atomic E-state index is 0.0347. The zero-order valence-corrected chi connectivity index (χ0v) is 20.1. The van der Waals surface area contributed by atoms with E-state index in [1.807, 2.05) is 71.6 Å². The highest BCUT2D eigenvalue weighted by Gasteiger charge is 2.22. The van der Waals surface area contributed by atoms with Crippen molar-refractivity contribution < 1.29 is 19.1 Å². The molecule has 0 aromatic heterocycles. The number of carbonyl (C=O) groups is 2. The first kappa shape index (κ1) is 24.3. The van der Waals surface area contributed by atoms with E-state index in [4.69, 9.17) is 9.47 Å². The van der Waals surface area contributed by atoms with Gasteiger partial charge in [-0.05, 0) is 49.1 Å². The van der Waals surface area contributed by atoms with Gasteiger partial charge in [-0.2, -0.15) is 0 Å². The summed E-state index contributed by atoms with van der Waals surface area (Å²) < 4.78 is 11.6. The predicted molar refractivity (Wildman–Crippen MR) is 137 cm³/mol. The first-order valence-corrected chi connectivity index (χ1v) is 12.2. The molecule has 1 atom stereocenters. The average Bonchev–Trinajstić information content (AvgIpc) is 2.92. The van der Waals surface area contributed by atoms with Gasteiger partial charge in [0, 0.05) is 25.3 Å². The van der Waals surface area contributed by atoms with E-state index in [-0.39, 0.29) is 11.9 Å². The maximum atomic E-state index is 13.0. The normalized spacial score (nSPS) is 14.1. The molecule has 0 bridgehead atoms. The fourth-order valence-corrected chi connectivity index (χ4v) is 4.04. The van der Waals surface area contributed by atoms with E-state index in [9.17, 15) is 9.59 Å². The molecule has 6 nitrogen and oxygen atoms in total. The summed E-state index contributed by atoms with van der Waals surface area (Å²) in [6, 6.07) is 24.5. The van der Waals surface area contributed by atoms with Crippen molar-refractivity contribution >= 4 is 17.6 Å². The van der Waals surface area contributed by atoms with Crippen molar-refractivity contribution in [3.8, 4) is 11.5 Å². The quantitative estimate of drug-likeness (QED) is 0.327. The maximum absolute atomic E-state index is 13.0. The minimum atomic E-state index is -0.435. The highest BCUT2D eigenvalue weighted by atomic mass is 16.6. The number of amides is 1. The summed E-state index contributed by atoms with van der Waals surface area (Å²) in [6.45, 7) is 4.12. The van der Waals surface area contributed by atoms with Gasteiger partial charge in [0.2, 0.25) is 0 Å². The molecule has 3 aromatic carbocycles. The van der Waals surface area contributed by atoms with Crippen LogP contribution in [-0.4, -0.2) is 36.4 Å². The molecule has 4 rings (SSSR count). The van der Waals surface area contributed by atoms with Crippen molar-refractivity contribution in [2.75, 3.05) is 25.0 Å². The molecule has 182 valence electrons. The Labute approximate surface area is 206 Å². The smallest absolute Gasteiger partial charge is 0.315 e. The van der Waals surface area contributed by atoms with Crippen LogP contribution in [0, 0.1) is 5.92 Å². The number of ether oxygens (including phenoxy) is 2. The Kier molecular flexibility index (Phi) is 8.39. The van der Waals surface area contributed by atoms with Crippen LogP contribution < -0.4 is 14.8 Å². The number of rotatable bonds is 9. The fraction of sp³-hybridized carbons (Fsp3) is 0.310. The van der Waals surface area contributed by atoms with Crippen molar-refractivity contribution in [1.82, 2.24) is 4.90 Å². The second-order valence-electron chi connectivity index (χ2n) is 8.82. The standard InChI is InChI=1S/C29H32N2O4/c1-22(20-30-25-15-7-6-14-24(25)28(32)31-18-10-3-11-19-31)29(33)35-27-17-9-8-16-26(27)34-21-23-12-4-2-5-13-23/h2,4-9,12-17,22,30H,3,10-11,18-21H2,1H3. The Balaban J connectivity index is 1.35. The maximum Gasteiger partial charge on any atom is 0.315 e. The molecule has 6 heteroatoms. The summed E-state index contributed by atoms with van der Waals surface area (Å²) in [6.07, 6.45) is 3.26. The van der Waals surface area contributed by atoms with Crippen molar-refractivity contribution in [3.63, 3.8) is 0 Å². The molecule has 1 aliphatic heterocycles. The molecule has 1 N–H and O–H groups in total. The number of para-hydroxylation sites is 3. The lowest BCUT2D eigenvalue weighted by Crippen LogP contribution is -2.36. The fourth-order valence-electron chi connectivity index (χ4n) is 4.04. The molecule has 0 aliphatic carbocycles. The number of nitrogens with zero attached hydrogens (tertiary/aromatic N) is 1. The van der Waals surface area contributed by atoms with E-state index in [1.165, 1.54) is 6.42 Å². The summed E-state index contributed by atoms with van der Waals surface area (Å²) in [5.74, 6) is 0.138. The third-order valence-electron chi connectivity index (χ3n) is 6.10. The summed E-state index contributed by atoms with van der Waals surface area (Å²) in [5.41, 5.74) is 2.40. The molecule has 1 amide bonds. The van der Waals surface area contributed by atoms with Crippen molar-refractivity contribution in [2.45, 2.75) is 32.8 Å². The zero-order chi connectivity index (χ0) is 24.5. The van der Waals surface area contributed by atoms with Crippen LogP contribution in [0.5, 0.6) is 11.5 Å². The van der Waals surface area contributed by atoms with Gasteiger partial charge >= 0.3 is 5.97 Å². The van der Waals surface area contributed by atoms with Gasteiger partial charge in [0.15, 0.2) is 11.5 Å². The molecule has 0 spiro atoms. The van der Waals surface area contributed by atoms with E-state index in [1.54, 1.807) is 19.1 Å². The Morgan fingerprint density at radius 3 is 2.29 bits per heavy atom. The van der Waals surface area contributed by atoms with Gasteiger partial charge in [-0.15, -0.1) is 0 Å². The lowest BCUT2D eigenvalue weighted by molar-refractivity contribution is -0.138. The molecule has 3 aromatic rings. The number of esters is 1. The Hall–Kier alpha value is -3.80. The molecule has 1 unspecified atom stereocenters. The number of carbonyl (C=O) groups excluding carboxylic acids is 2. The van der Waals surface area contributed by atoms with Gasteiger partial charge in [-0.1, -0.05) is 61.5 Å². The minimum Gasteiger partial charge on any atom is -0.485 e. The molecular weight excluding hydrogens is 440 g/mol. The van der Waals surface area contributed by atoms with Gasteiger partial charge in [-0.25, -0.2) is 0 Å². The van der Waals surface area contributed by atoms with Gasteiger partial charge in [0.25, 0.3) is 5.91 Å². The number of likely N-dealkylation sites (tertiary alicyclic amines) is 1. The van der Waals surface area contributed by atoms with E-state index in [2.05, 4.69) is 5.32 Å². The van der Waals surface area contributed by atoms with Crippen LogP contribution in [0.3, 0.4) is 0 Å². The van der Waals surface area contributed by atoms with E-state index in [0.29, 0.717) is 30.2 Å². The molecule has 1 heterocycles. The van der Waals surface area contributed by atoms with Crippen LogP contribution in [0.1, 0.15) is 42.1 Å². The third kappa shape index (κ3) is 6.63. The van der Waals surface area contributed by atoms with Crippen LogP contribution in [0.2, 0.25) is 0 Å². The Morgan fingerprint density at radius 1 is 0.857 bits per heavy atom. The Bertz CT molecular complexity index is 1130. The van der Waals surface area contributed by atoms with Crippen LogP contribution in [0.15, 0.2) is 78.9 Å². The Morgan fingerprint density at radius 2 is 1.51 bits per heavy atom. The number of benzene rings is 3. The summed E-state index contributed by atoms with van der Waals surface area (Å²) in [4.78, 5) is 27.8. The SMILES string of the molecule is CC(CNc1ccccc1C(=O)N1CCCCC1)C(=O)Oc1ccccc1OCc1ccccc1. The number of hydrogen-bond acceptors (Lipinski definition) is 5. The van der Waals surface area contributed by atoms with Crippen molar-refractivity contribution in [2.24, 2.45) is 5.92 Å². The predicted octanol–water partition coefficient (Wildman–Crippen LogP) is 5.55. The largest absolute Gasteiger partial charge is 0.485 e. The van der Waals surface area contributed by atoms with Crippen LogP contribution in [0.25, 0.3) is 0 Å². The lowest BCUT2D eigenvalue weighted by atomic mass is 10.1. The number of anilines is 1. The number of nitrogens with one attached hydrogen (secondary N) is 1. The lowest BCUT2D eigenvalue weighted by Gasteiger charge is -2.27. The first-order chi connectivity index (χ1) is 17.1. The summed E-state index contributed by atoms with van der Waals surface area (Å²) in [5, 5.41) is 3.28. The van der Waals surface area contributed by atoms with Gasteiger partial charge in [0.05, 0.1) is 11.5 Å². The van der Waals surface area contributed by atoms with Crippen molar-refractivity contribution in [3.05, 3.63) is 90.0 Å². The average molecular weight is 473 g/mol. The monoisotopic (exact) mass is 472 g/mol. The zero-order valence-electron chi connectivity index (χ0n) is 20.1. The molecule has 1 saturated heterocycles. The van der Waals surface area contributed by atoms with Gasteiger partial charge in [0.1, 0.15) is 6.61 Å². The topological polar surface area (TPSA) is 67.9 Å². The van der Waals surface area contributed by atoms with Gasteiger partial charge in [-0.3, -0.25) is 9.59 Å². The van der Waals surface area contributed by atoms with E-state index in [0.717, 1.165) is 37.2 Å². The molecule has 0 radical (unpaired) electrons. The summed E-state index contributed by atoms with van der Waals surface area (Å²) in [7, 11) is 0. The highest BCUT2D eigenvalue weighted by Crippen LogP contribution is 2.28. The second-order valence-corrected chi connectivity index (χ2v) is 8.82. The third-order valence-corrected chi connectivity index (χ3v) is 6.10. The van der Waals surface area contributed by atoms with Crippen molar-refractivity contribution in [1.29, 1.82) is 0 Å². The van der Waals surface area contributed by atoms with Crippen LogP contribution in [0.4, 0.5) is 5.69 Å². The highest BCUT2D eigenvalue weighted by molar-refractivity contribution is 5.99. The van der Waals surface area contributed by atoms with Gasteiger partial charge < -0.3 is 19.7 Å².